The van der Waals surface area contributed by atoms with E-state index in [-0.39, 0.29) is 5.41 Å². The van der Waals surface area contributed by atoms with Gasteiger partial charge in [-0.25, -0.2) is 9.97 Å². The van der Waals surface area contributed by atoms with Crippen LogP contribution in [0.1, 0.15) is 25.0 Å². The predicted octanol–water partition coefficient (Wildman–Crippen LogP) is 12.5. The van der Waals surface area contributed by atoms with E-state index in [1.807, 2.05) is 6.07 Å². The van der Waals surface area contributed by atoms with E-state index in [4.69, 9.17) is 9.97 Å². The van der Waals surface area contributed by atoms with Crippen molar-refractivity contribution >= 4 is 21.8 Å². The molecule has 0 spiro atoms. The molecule has 0 unspecified atom stereocenters. The largest absolute Gasteiger partial charge is 0.277 e. The fraction of sp³-hybridized carbons (Fsp3) is 0.0612. The zero-order valence-electron chi connectivity index (χ0n) is 29.1. The third-order valence-electron chi connectivity index (χ3n) is 10.9. The normalized spacial score (nSPS) is 13.0. The van der Waals surface area contributed by atoms with E-state index in [9.17, 15) is 0 Å². The molecule has 0 saturated heterocycles. The van der Waals surface area contributed by atoms with Crippen molar-refractivity contribution < 1.29 is 0 Å². The van der Waals surface area contributed by atoms with Gasteiger partial charge in [0.15, 0.2) is 0 Å². The lowest BCUT2D eigenvalue weighted by Crippen LogP contribution is -2.14. The molecule has 7 aromatic carbocycles. The van der Waals surface area contributed by atoms with E-state index in [0.29, 0.717) is 5.95 Å². The minimum absolute atomic E-state index is 0.122. The molecule has 1 aliphatic rings. The zero-order chi connectivity index (χ0) is 34.8. The van der Waals surface area contributed by atoms with Crippen molar-refractivity contribution in [2.75, 3.05) is 0 Å². The van der Waals surface area contributed by atoms with Crippen LogP contribution in [-0.4, -0.2) is 14.5 Å². The van der Waals surface area contributed by atoms with Crippen molar-refractivity contribution in [1.29, 1.82) is 0 Å². The van der Waals surface area contributed by atoms with Crippen molar-refractivity contribution in [2.24, 2.45) is 0 Å². The number of benzene rings is 7. The molecule has 10 rings (SSSR count). The van der Waals surface area contributed by atoms with Gasteiger partial charge in [-0.15, -0.1) is 0 Å². The molecule has 9 aromatic rings. The van der Waals surface area contributed by atoms with Gasteiger partial charge >= 0.3 is 0 Å². The minimum atomic E-state index is -0.122. The van der Waals surface area contributed by atoms with Gasteiger partial charge in [0.1, 0.15) is 0 Å². The lowest BCUT2D eigenvalue weighted by molar-refractivity contribution is 0.661. The predicted molar refractivity (Wildman–Crippen MR) is 216 cm³/mol. The van der Waals surface area contributed by atoms with Crippen LogP contribution in [0, 0.1) is 0 Å². The Morgan fingerprint density at radius 1 is 0.423 bits per heavy atom. The molecule has 3 heteroatoms. The molecule has 0 atom stereocenters. The van der Waals surface area contributed by atoms with Gasteiger partial charge in [0.2, 0.25) is 5.95 Å². The maximum absolute atomic E-state index is 5.39. The molecular weight excluding hydrogens is 631 g/mol. The van der Waals surface area contributed by atoms with Gasteiger partial charge in [-0.1, -0.05) is 178 Å². The zero-order valence-corrected chi connectivity index (χ0v) is 29.1. The molecule has 0 N–H and O–H groups in total. The summed E-state index contributed by atoms with van der Waals surface area (Å²) in [5, 5.41) is 2.40. The van der Waals surface area contributed by atoms with Crippen LogP contribution in [0.25, 0.3) is 83.6 Å². The van der Waals surface area contributed by atoms with Gasteiger partial charge in [-0.3, -0.25) is 4.57 Å². The van der Waals surface area contributed by atoms with Crippen LogP contribution >= 0.6 is 0 Å². The fourth-order valence-electron chi connectivity index (χ4n) is 8.21. The number of hydrogen-bond donors (Lipinski definition) is 0. The maximum Gasteiger partial charge on any atom is 0.235 e. The average molecular weight is 666 g/mol. The topological polar surface area (TPSA) is 30.7 Å². The lowest BCUT2D eigenvalue weighted by Gasteiger charge is -2.21. The molecule has 3 nitrogen and oxygen atoms in total. The first-order valence-corrected chi connectivity index (χ1v) is 17.9. The molecule has 246 valence electrons. The Morgan fingerprint density at radius 3 is 1.58 bits per heavy atom. The second kappa shape index (κ2) is 11.8. The van der Waals surface area contributed by atoms with E-state index in [1.165, 1.54) is 55.3 Å². The fourth-order valence-corrected chi connectivity index (χ4v) is 8.21. The monoisotopic (exact) mass is 665 g/mol. The Labute approximate surface area is 303 Å². The molecule has 0 bridgehead atoms. The summed E-state index contributed by atoms with van der Waals surface area (Å²) in [7, 11) is 0. The highest BCUT2D eigenvalue weighted by molar-refractivity contribution is 6.15. The quantitative estimate of drug-likeness (QED) is 0.183. The number of hydrogen-bond acceptors (Lipinski definition) is 2. The third-order valence-corrected chi connectivity index (χ3v) is 10.9. The summed E-state index contributed by atoms with van der Waals surface area (Å²) in [5.41, 5.74) is 16.0. The smallest absolute Gasteiger partial charge is 0.235 e. The van der Waals surface area contributed by atoms with E-state index >= 15 is 0 Å². The molecule has 52 heavy (non-hydrogen) atoms. The van der Waals surface area contributed by atoms with Crippen molar-refractivity contribution in [3.05, 3.63) is 187 Å². The number of fused-ring (bicyclic) bond motifs is 7. The van der Waals surface area contributed by atoms with E-state index < -0.39 is 0 Å². The Morgan fingerprint density at radius 2 is 0.923 bits per heavy atom. The SMILES string of the molecule is CC1(C)c2ccccc2-c2c1ccc1c3ccccc3n(-c3nc(-c4ccccc4)cc(-c4ccc(-c5ccc(-c6ccccc6)cc5)cc4)n3)c21. The highest BCUT2D eigenvalue weighted by atomic mass is 15.2. The summed E-state index contributed by atoms with van der Waals surface area (Å²) in [5.74, 6) is 0.665. The second-order valence-corrected chi connectivity index (χ2v) is 14.2. The first-order chi connectivity index (χ1) is 25.5. The Hall–Kier alpha value is -6.58. The number of para-hydroxylation sites is 1. The van der Waals surface area contributed by atoms with E-state index in [0.717, 1.165) is 33.5 Å². The van der Waals surface area contributed by atoms with Gasteiger partial charge in [-0.05, 0) is 51.1 Å². The van der Waals surface area contributed by atoms with Crippen molar-refractivity contribution in [2.45, 2.75) is 19.3 Å². The summed E-state index contributed by atoms with van der Waals surface area (Å²) in [4.78, 5) is 10.7. The highest BCUT2D eigenvalue weighted by Crippen LogP contribution is 2.52. The van der Waals surface area contributed by atoms with Crippen molar-refractivity contribution in [1.82, 2.24) is 14.5 Å². The van der Waals surface area contributed by atoms with E-state index in [1.54, 1.807) is 0 Å². The summed E-state index contributed by atoms with van der Waals surface area (Å²) < 4.78 is 2.31. The van der Waals surface area contributed by atoms with Crippen molar-refractivity contribution in [3.63, 3.8) is 0 Å². The average Bonchev–Trinajstić information content (AvgIpc) is 3.67. The summed E-state index contributed by atoms with van der Waals surface area (Å²) in [6.45, 7) is 4.67. The van der Waals surface area contributed by atoms with Gasteiger partial charge in [-0.2, -0.15) is 0 Å². The van der Waals surface area contributed by atoms with Crippen LogP contribution in [0.15, 0.2) is 176 Å². The summed E-state index contributed by atoms with van der Waals surface area (Å²) >= 11 is 0. The summed E-state index contributed by atoms with van der Waals surface area (Å²) in [6, 6.07) is 62.8. The van der Waals surface area contributed by atoms with Crippen LogP contribution in [-0.2, 0) is 5.41 Å². The molecule has 2 heterocycles. The molecule has 0 amide bonds. The number of aromatic nitrogens is 3. The van der Waals surface area contributed by atoms with Crippen molar-refractivity contribution in [3.8, 4) is 61.8 Å². The molecule has 1 aliphatic carbocycles. The second-order valence-electron chi connectivity index (χ2n) is 14.2. The van der Waals surface area contributed by atoms with Crippen LogP contribution in [0.3, 0.4) is 0 Å². The number of nitrogens with zero attached hydrogens (tertiary/aromatic N) is 3. The molecule has 0 fully saturated rings. The Bertz CT molecular complexity index is 2780. The highest BCUT2D eigenvalue weighted by Gasteiger charge is 2.37. The van der Waals surface area contributed by atoms with Gasteiger partial charge in [0, 0.05) is 32.9 Å². The Kier molecular flexibility index (Phi) is 6.84. The molecule has 0 radical (unpaired) electrons. The van der Waals surface area contributed by atoms with Crippen LogP contribution in [0.4, 0.5) is 0 Å². The first-order valence-electron chi connectivity index (χ1n) is 17.9. The summed E-state index contributed by atoms with van der Waals surface area (Å²) in [6.07, 6.45) is 0. The molecule has 0 saturated carbocycles. The minimum Gasteiger partial charge on any atom is -0.277 e. The first kappa shape index (κ1) is 30.3. The van der Waals surface area contributed by atoms with Gasteiger partial charge < -0.3 is 0 Å². The van der Waals surface area contributed by atoms with Gasteiger partial charge in [0.25, 0.3) is 0 Å². The number of rotatable bonds is 5. The van der Waals surface area contributed by atoms with Crippen LogP contribution in [0.2, 0.25) is 0 Å². The standard InChI is InChI=1S/C49H35N3/c1-49(2)41-19-11-9-18-40(41)46-42(49)30-29-39-38-17-10-12-20-45(38)52(47(39)46)48-50-43(36-15-7-4-8-16-36)31-44(51-48)37-27-25-35(26-28-37)34-23-21-33(22-24-34)32-13-5-3-6-14-32/h3-31H,1-2H3. The molecule has 0 aliphatic heterocycles. The van der Waals surface area contributed by atoms with E-state index in [2.05, 4.69) is 188 Å². The third kappa shape index (κ3) is 4.74. The lowest BCUT2D eigenvalue weighted by atomic mass is 9.82. The van der Waals surface area contributed by atoms with Crippen LogP contribution < -0.4 is 0 Å². The van der Waals surface area contributed by atoms with Crippen LogP contribution in [0.5, 0.6) is 0 Å². The Balaban J connectivity index is 1.16. The van der Waals surface area contributed by atoms with Gasteiger partial charge in [0.05, 0.1) is 22.4 Å². The molecule has 2 aromatic heterocycles. The maximum atomic E-state index is 5.39. The molecular formula is C49H35N3.